The Morgan fingerprint density at radius 1 is 1.10 bits per heavy atom. The Morgan fingerprint density at radius 3 is 2.48 bits per heavy atom. The van der Waals surface area contributed by atoms with E-state index in [1.165, 1.54) is 0 Å². The lowest BCUT2D eigenvalue weighted by Gasteiger charge is -2.50. The number of hydrogen-bond donors (Lipinski definition) is 2. The van der Waals surface area contributed by atoms with Crippen molar-refractivity contribution in [3.63, 3.8) is 0 Å². The summed E-state index contributed by atoms with van der Waals surface area (Å²) >= 11 is 6.06. The Balaban J connectivity index is 1.41. The number of benzene rings is 2. The van der Waals surface area contributed by atoms with E-state index in [-0.39, 0.29) is 23.4 Å². The highest BCUT2D eigenvalue weighted by Gasteiger charge is 2.41. The Morgan fingerprint density at radius 2 is 1.81 bits per heavy atom. The van der Waals surface area contributed by atoms with Gasteiger partial charge in [-0.3, -0.25) is 9.69 Å². The number of carbonyl (C=O) groups is 1. The summed E-state index contributed by atoms with van der Waals surface area (Å²) < 4.78 is 0. The van der Waals surface area contributed by atoms with Crippen molar-refractivity contribution < 1.29 is 9.90 Å². The normalized spacial score (nSPS) is 24.7. The van der Waals surface area contributed by atoms with Crippen molar-refractivity contribution in [3.8, 4) is 0 Å². The van der Waals surface area contributed by atoms with Gasteiger partial charge in [-0.05, 0) is 63.1 Å². The third-order valence-electron chi connectivity index (χ3n) is 6.75. The van der Waals surface area contributed by atoms with Gasteiger partial charge in [0.05, 0.1) is 0 Å². The molecule has 0 radical (unpaired) electrons. The number of anilines is 1. The predicted molar refractivity (Wildman–Crippen MR) is 125 cm³/mol. The van der Waals surface area contributed by atoms with Crippen molar-refractivity contribution in [2.75, 3.05) is 24.5 Å². The van der Waals surface area contributed by atoms with Gasteiger partial charge in [0, 0.05) is 53.4 Å². The van der Waals surface area contributed by atoms with Crippen LogP contribution >= 0.6 is 11.6 Å². The molecule has 1 aliphatic carbocycles. The molecule has 6 heteroatoms. The van der Waals surface area contributed by atoms with Crippen molar-refractivity contribution >= 4 is 23.2 Å². The Labute approximate surface area is 190 Å². The number of aliphatic hydroxyl groups excluding tert-OH is 1. The number of nitrogens with one attached hydrogen (secondary N) is 1. The van der Waals surface area contributed by atoms with Gasteiger partial charge in [-0.2, -0.15) is 0 Å². The second-order valence-electron chi connectivity index (χ2n) is 9.37. The summed E-state index contributed by atoms with van der Waals surface area (Å²) in [4.78, 5) is 17.2. The second-order valence-corrected chi connectivity index (χ2v) is 9.80. The average Bonchev–Trinajstić information content (AvgIpc) is 3.22. The number of piperazine rings is 1. The van der Waals surface area contributed by atoms with Crippen molar-refractivity contribution in [2.24, 2.45) is 5.92 Å². The van der Waals surface area contributed by atoms with Gasteiger partial charge in [-0.25, -0.2) is 0 Å². The van der Waals surface area contributed by atoms with Crippen LogP contribution in [0.5, 0.6) is 0 Å². The smallest absolute Gasteiger partial charge is 0.251 e. The van der Waals surface area contributed by atoms with Crippen LogP contribution in [0.25, 0.3) is 0 Å². The van der Waals surface area contributed by atoms with Crippen molar-refractivity contribution in [1.82, 2.24) is 10.2 Å². The van der Waals surface area contributed by atoms with Crippen molar-refractivity contribution in [1.29, 1.82) is 0 Å². The van der Waals surface area contributed by atoms with E-state index < -0.39 is 6.23 Å². The van der Waals surface area contributed by atoms with Crippen LogP contribution < -0.4 is 10.2 Å². The molecule has 2 N–H and O–H groups in total. The standard InChI is InChI=1S/C25H32ClN3O2/c1-25(2)17-28(15-16-29(25)20-13-11-19(26)12-14-20)24(31)21-9-6-10-22(21)27-23(30)18-7-4-3-5-8-18/h3-5,7-8,11-14,21-22,24,31H,6,9-10,15-17H2,1-2H3,(H,27,30)/t21-,22+,24?/m1/s1. The molecule has 31 heavy (non-hydrogen) atoms. The first-order valence-electron chi connectivity index (χ1n) is 11.2. The van der Waals surface area contributed by atoms with Gasteiger partial charge in [0.2, 0.25) is 0 Å². The van der Waals surface area contributed by atoms with Gasteiger partial charge in [0.15, 0.2) is 0 Å². The minimum Gasteiger partial charge on any atom is -0.378 e. The summed E-state index contributed by atoms with van der Waals surface area (Å²) in [6.07, 6.45) is 2.30. The van der Waals surface area contributed by atoms with Crippen LogP contribution in [-0.2, 0) is 0 Å². The van der Waals surface area contributed by atoms with Crippen LogP contribution in [0.2, 0.25) is 5.02 Å². The molecule has 1 heterocycles. The maximum absolute atomic E-state index is 12.6. The third kappa shape index (κ3) is 4.89. The van der Waals surface area contributed by atoms with E-state index in [4.69, 9.17) is 11.6 Å². The van der Waals surface area contributed by atoms with Crippen LogP contribution in [0.15, 0.2) is 54.6 Å². The van der Waals surface area contributed by atoms with Gasteiger partial charge in [-0.1, -0.05) is 36.2 Å². The molecule has 5 nitrogen and oxygen atoms in total. The average molecular weight is 442 g/mol. The summed E-state index contributed by atoms with van der Waals surface area (Å²) in [5.74, 6) is -0.0110. The molecule has 1 amide bonds. The first kappa shape index (κ1) is 22.1. The fourth-order valence-electron chi connectivity index (χ4n) is 5.15. The number of amides is 1. The van der Waals surface area contributed by atoms with Crippen LogP contribution in [-0.4, -0.2) is 53.4 Å². The molecule has 2 aromatic carbocycles. The number of halogens is 1. The lowest BCUT2D eigenvalue weighted by molar-refractivity contribution is -0.0603. The van der Waals surface area contributed by atoms with Crippen LogP contribution in [0.1, 0.15) is 43.5 Å². The quantitative estimate of drug-likeness (QED) is 0.731. The van der Waals surface area contributed by atoms with Crippen molar-refractivity contribution in [3.05, 3.63) is 65.2 Å². The second kappa shape index (κ2) is 9.19. The van der Waals surface area contributed by atoms with Gasteiger partial charge >= 0.3 is 0 Å². The third-order valence-corrected chi connectivity index (χ3v) is 7.00. The zero-order valence-electron chi connectivity index (χ0n) is 18.3. The molecule has 0 bridgehead atoms. The lowest BCUT2D eigenvalue weighted by atomic mass is 9.94. The van der Waals surface area contributed by atoms with E-state index >= 15 is 0 Å². The van der Waals surface area contributed by atoms with Gasteiger partial charge in [0.1, 0.15) is 6.23 Å². The largest absolute Gasteiger partial charge is 0.378 e. The molecule has 1 saturated carbocycles. The zero-order chi connectivity index (χ0) is 22.0. The fraction of sp³-hybridized carbons (Fsp3) is 0.480. The van der Waals surface area contributed by atoms with Crippen LogP contribution in [0.3, 0.4) is 0 Å². The zero-order valence-corrected chi connectivity index (χ0v) is 19.1. The summed E-state index contributed by atoms with van der Waals surface area (Å²) in [6.45, 7) is 6.79. The molecule has 0 spiro atoms. The minimum absolute atomic E-state index is 0.000105. The molecule has 1 saturated heterocycles. The van der Waals surface area contributed by atoms with Crippen LogP contribution in [0.4, 0.5) is 5.69 Å². The number of aliphatic hydroxyl groups is 1. The number of nitrogens with zero attached hydrogens (tertiary/aromatic N) is 2. The molecule has 0 aromatic heterocycles. The number of hydrogen-bond acceptors (Lipinski definition) is 4. The molecule has 1 aliphatic heterocycles. The molecular weight excluding hydrogens is 410 g/mol. The Kier molecular flexibility index (Phi) is 6.56. The first-order chi connectivity index (χ1) is 14.8. The van der Waals surface area contributed by atoms with Crippen molar-refractivity contribution in [2.45, 2.75) is 50.9 Å². The van der Waals surface area contributed by atoms with Gasteiger partial charge in [-0.15, -0.1) is 0 Å². The maximum atomic E-state index is 12.6. The molecule has 1 unspecified atom stereocenters. The highest BCUT2D eigenvalue weighted by atomic mass is 35.5. The molecule has 2 aromatic rings. The predicted octanol–water partition coefficient (Wildman–Crippen LogP) is 4.16. The molecule has 2 fully saturated rings. The highest BCUT2D eigenvalue weighted by molar-refractivity contribution is 6.30. The van der Waals surface area contributed by atoms with E-state index in [0.717, 1.165) is 49.6 Å². The monoisotopic (exact) mass is 441 g/mol. The topological polar surface area (TPSA) is 55.8 Å². The summed E-state index contributed by atoms with van der Waals surface area (Å²) in [5, 5.41) is 15.2. The maximum Gasteiger partial charge on any atom is 0.251 e. The number of carbonyl (C=O) groups excluding carboxylic acids is 1. The van der Waals surface area contributed by atoms with Crippen LogP contribution in [0, 0.1) is 5.92 Å². The van der Waals surface area contributed by atoms with Gasteiger partial charge < -0.3 is 15.3 Å². The van der Waals surface area contributed by atoms with E-state index in [0.29, 0.717) is 5.56 Å². The first-order valence-corrected chi connectivity index (χ1v) is 11.5. The minimum atomic E-state index is -0.560. The van der Waals surface area contributed by atoms with E-state index in [1.807, 2.05) is 42.5 Å². The molecule has 3 atom stereocenters. The molecular formula is C25H32ClN3O2. The molecule has 4 rings (SSSR count). The molecule has 2 aliphatic rings. The van der Waals surface area contributed by atoms with E-state index in [2.05, 4.69) is 41.1 Å². The number of rotatable bonds is 5. The molecule has 166 valence electrons. The fourth-order valence-corrected chi connectivity index (χ4v) is 5.28. The van der Waals surface area contributed by atoms with E-state index in [9.17, 15) is 9.90 Å². The Hall–Kier alpha value is -2.08. The Bertz CT molecular complexity index is 887. The summed E-state index contributed by atoms with van der Waals surface area (Å²) in [6, 6.07) is 17.3. The highest BCUT2D eigenvalue weighted by Crippen LogP contribution is 2.34. The summed E-state index contributed by atoms with van der Waals surface area (Å²) in [7, 11) is 0. The summed E-state index contributed by atoms with van der Waals surface area (Å²) in [5.41, 5.74) is 1.69. The van der Waals surface area contributed by atoms with E-state index in [1.54, 1.807) is 0 Å². The lowest BCUT2D eigenvalue weighted by Crippen LogP contribution is -2.63. The van der Waals surface area contributed by atoms with Gasteiger partial charge in [0.25, 0.3) is 5.91 Å². The SMILES string of the molecule is CC1(C)CN(C(O)[C@@H]2CCC[C@@H]2NC(=O)c2ccccc2)CCN1c1ccc(Cl)cc1.